The van der Waals surface area contributed by atoms with Crippen molar-refractivity contribution in [2.45, 2.75) is 52.7 Å². The molecular formula is C30H35F2N9O4. The van der Waals surface area contributed by atoms with Gasteiger partial charge < -0.3 is 25.4 Å². The van der Waals surface area contributed by atoms with Gasteiger partial charge in [-0.25, -0.2) is 23.5 Å². The lowest BCUT2D eigenvalue weighted by Crippen LogP contribution is -2.34. The van der Waals surface area contributed by atoms with Crippen LogP contribution in [0.5, 0.6) is 0 Å². The van der Waals surface area contributed by atoms with Crippen LogP contribution in [0.3, 0.4) is 0 Å². The highest BCUT2D eigenvalue weighted by Gasteiger charge is 2.23. The molecule has 15 heteroatoms. The van der Waals surface area contributed by atoms with E-state index in [9.17, 15) is 18.4 Å². The van der Waals surface area contributed by atoms with Gasteiger partial charge in [0.1, 0.15) is 17.8 Å². The van der Waals surface area contributed by atoms with Gasteiger partial charge in [0, 0.05) is 48.5 Å². The molecule has 0 saturated carbocycles. The lowest BCUT2D eigenvalue weighted by atomic mass is 10.0. The number of carbonyl (C=O) groups is 2. The number of hydrogen-bond donors (Lipinski definition) is 3. The van der Waals surface area contributed by atoms with Crippen molar-refractivity contribution < 1.29 is 27.8 Å². The third-order valence-corrected chi connectivity index (χ3v) is 6.37. The Balaban J connectivity index is 1.38. The molecule has 0 radical (unpaired) electrons. The monoisotopic (exact) mass is 623 g/mol. The Morgan fingerprint density at radius 2 is 1.89 bits per heavy atom. The van der Waals surface area contributed by atoms with E-state index in [1.165, 1.54) is 23.3 Å². The standard InChI is InChI=1S/C30H35F2N9O4/c1-5-19-16-20(6-7-21(19)28(42)35-10-14-44-15-11-36-29(43)45-30(2,3)4)38-26-27-37-17-23(41(27)13-9-34-26)22-18-40(12-8-33)39-24(22)25(31)32/h6-7,9,13,16-18,25H,5,10-12,14-15H2,1-4H3,(H,34,38)(H,35,42)(H,36,43). The van der Waals surface area contributed by atoms with Crippen LogP contribution in [0.15, 0.2) is 43.0 Å². The summed E-state index contributed by atoms with van der Waals surface area (Å²) in [5, 5.41) is 21.5. The molecule has 0 aliphatic carbocycles. The minimum Gasteiger partial charge on any atom is -0.444 e. The lowest BCUT2D eigenvalue weighted by molar-refractivity contribution is 0.0500. The number of benzene rings is 1. The molecule has 238 valence electrons. The van der Waals surface area contributed by atoms with E-state index in [0.717, 1.165) is 5.56 Å². The second-order valence-electron chi connectivity index (χ2n) is 10.8. The molecule has 4 aromatic rings. The van der Waals surface area contributed by atoms with Gasteiger partial charge >= 0.3 is 6.09 Å². The van der Waals surface area contributed by atoms with Crippen LogP contribution < -0.4 is 16.0 Å². The molecule has 3 N–H and O–H groups in total. The second kappa shape index (κ2) is 14.6. The number of alkyl halides is 2. The van der Waals surface area contributed by atoms with Crippen molar-refractivity contribution in [1.29, 1.82) is 5.26 Å². The Labute approximate surface area is 258 Å². The Morgan fingerprint density at radius 1 is 1.13 bits per heavy atom. The molecule has 2 amide bonds. The van der Waals surface area contributed by atoms with Gasteiger partial charge in [0.2, 0.25) is 0 Å². The van der Waals surface area contributed by atoms with Crippen LogP contribution in [-0.4, -0.2) is 68.1 Å². The van der Waals surface area contributed by atoms with Crippen molar-refractivity contribution in [3.8, 4) is 17.3 Å². The number of alkyl carbamates (subject to hydrolysis) is 1. The van der Waals surface area contributed by atoms with Crippen molar-refractivity contribution in [3.63, 3.8) is 0 Å². The van der Waals surface area contributed by atoms with E-state index in [1.54, 1.807) is 43.5 Å². The number of amides is 2. The average molecular weight is 624 g/mol. The number of ether oxygens (including phenoxy) is 2. The smallest absolute Gasteiger partial charge is 0.407 e. The second-order valence-corrected chi connectivity index (χ2v) is 10.8. The van der Waals surface area contributed by atoms with Gasteiger partial charge in [-0.1, -0.05) is 6.92 Å². The third-order valence-electron chi connectivity index (χ3n) is 6.37. The molecule has 1 aromatic carbocycles. The van der Waals surface area contributed by atoms with E-state index in [-0.39, 0.29) is 44.3 Å². The number of nitrogens with one attached hydrogen (secondary N) is 3. The third kappa shape index (κ3) is 8.51. The van der Waals surface area contributed by atoms with Crippen molar-refractivity contribution in [2.24, 2.45) is 0 Å². The Hall–Kier alpha value is -5.10. The number of fused-ring (bicyclic) bond motifs is 1. The fraction of sp³-hybridized carbons (Fsp3) is 0.400. The summed E-state index contributed by atoms with van der Waals surface area (Å²) in [6.07, 6.45) is 3.19. The highest BCUT2D eigenvalue weighted by Crippen LogP contribution is 2.32. The molecule has 45 heavy (non-hydrogen) atoms. The van der Waals surface area contributed by atoms with Crippen LogP contribution in [-0.2, 0) is 22.4 Å². The number of hydrogen-bond acceptors (Lipinski definition) is 9. The first-order chi connectivity index (χ1) is 21.5. The molecule has 0 saturated heterocycles. The first-order valence-corrected chi connectivity index (χ1v) is 14.3. The minimum atomic E-state index is -2.84. The minimum absolute atomic E-state index is 0.163. The number of aromatic nitrogens is 5. The summed E-state index contributed by atoms with van der Waals surface area (Å²) in [6.45, 7) is 8.21. The van der Waals surface area contributed by atoms with Crippen LogP contribution >= 0.6 is 0 Å². The SMILES string of the molecule is CCc1cc(Nc2nccn3c(-c4cn(CC#N)nc4C(F)F)cnc23)ccc1C(=O)NCCOCCNC(=O)OC(C)(C)C. The molecule has 3 heterocycles. The van der Waals surface area contributed by atoms with Crippen molar-refractivity contribution in [3.05, 3.63) is 59.8 Å². The normalized spacial score (nSPS) is 11.4. The zero-order chi connectivity index (χ0) is 32.6. The molecule has 0 spiro atoms. The van der Waals surface area contributed by atoms with Gasteiger partial charge in [0.05, 0.1) is 31.2 Å². The van der Waals surface area contributed by atoms with Crippen molar-refractivity contribution >= 4 is 29.2 Å². The average Bonchev–Trinajstić information content (AvgIpc) is 3.61. The van der Waals surface area contributed by atoms with Gasteiger partial charge in [-0.15, -0.1) is 0 Å². The fourth-order valence-electron chi connectivity index (χ4n) is 4.45. The van der Waals surface area contributed by atoms with Gasteiger partial charge in [-0.2, -0.15) is 10.4 Å². The number of imidazole rings is 1. The molecule has 0 aliphatic rings. The molecule has 0 bridgehead atoms. The molecule has 13 nitrogen and oxygen atoms in total. The van der Waals surface area contributed by atoms with Crippen molar-refractivity contribution in [1.82, 2.24) is 34.8 Å². The molecule has 0 aliphatic heterocycles. The van der Waals surface area contributed by atoms with Crippen LogP contribution in [0.25, 0.3) is 16.9 Å². The highest BCUT2D eigenvalue weighted by molar-refractivity contribution is 5.96. The van der Waals surface area contributed by atoms with Crippen LogP contribution in [0.1, 0.15) is 55.7 Å². The number of carbonyl (C=O) groups excluding carboxylic acids is 2. The molecular weight excluding hydrogens is 588 g/mol. The zero-order valence-corrected chi connectivity index (χ0v) is 25.4. The van der Waals surface area contributed by atoms with Crippen LogP contribution in [0, 0.1) is 11.3 Å². The van der Waals surface area contributed by atoms with E-state index in [4.69, 9.17) is 14.7 Å². The molecule has 4 rings (SSSR count). The van der Waals surface area contributed by atoms with E-state index in [1.807, 2.05) is 19.1 Å². The summed E-state index contributed by atoms with van der Waals surface area (Å²) in [5.41, 5.74) is 1.87. The summed E-state index contributed by atoms with van der Waals surface area (Å²) in [6, 6.07) is 7.18. The summed E-state index contributed by atoms with van der Waals surface area (Å²) in [5.74, 6) is 0.128. The van der Waals surface area contributed by atoms with E-state index < -0.39 is 23.8 Å². The highest BCUT2D eigenvalue weighted by atomic mass is 19.3. The van der Waals surface area contributed by atoms with Gasteiger partial charge in [0.25, 0.3) is 12.3 Å². The Kier molecular flexibility index (Phi) is 10.6. The predicted octanol–water partition coefficient (Wildman–Crippen LogP) is 4.63. The number of nitriles is 1. The molecule has 0 unspecified atom stereocenters. The summed E-state index contributed by atoms with van der Waals surface area (Å²) >= 11 is 0. The predicted molar refractivity (Wildman–Crippen MR) is 161 cm³/mol. The number of rotatable bonds is 13. The van der Waals surface area contributed by atoms with Crippen LogP contribution in [0.2, 0.25) is 0 Å². The number of aryl methyl sites for hydroxylation is 1. The Bertz CT molecular complexity index is 1690. The maximum absolute atomic E-state index is 13.7. The maximum Gasteiger partial charge on any atom is 0.407 e. The topological polar surface area (TPSA) is 160 Å². The van der Waals surface area contributed by atoms with Gasteiger partial charge in [-0.3, -0.25) is 13.9 Å². The van der Waals surface area contributed by atoms with Crippen LogP contribution in [0.4, 0.5) is 25.1 Å². The Morgan fingerprint density at radius 3 is 2.58 bits per heavy atom. The van der Waals surface area contributed by atoms with E-state index in [0.29, 0.717) is 34.8 Å². The largest absolute Gasteiger partial charge is 0.444 e. The van der Waals surface area contributed by atoms with Gasteiger partial charge in [-0.05, 0) is 51.0 Å². The number of anilines is 2. The van der Waals surface area contributed by atoms with E-state index >= 15 is 0 Å². The molecule has 0 atom stereocenters. The first-order valence-electron chi connectivity index (χ1n) is 14.3. The summed E-state index contributed by atoms with van der Waals surface area (Å²) < 4.78 is 40.9. The maximum atomic E-state index is 13.7. The summed E-state index contributed by atoms with van der Waals surface area (Å²) in [7, 11) is 0. The quantitative estimate of drug-likeness (QED) is 0.180. The summed E-state index contributed by atoms with van der Waals surface area (Å²) in [4.78, 5) is 33.3. The first kappa shape index (κ1) is 32.8. The molecule has 3 aromatic heterocycles. The molecule has 0 fully saturated rings. The van der Waals surface area contributed by atoms with E-state index in [2.05, 4.69) is 31.0 Å². The van der Waals surface area contributed by atoms with Gasteiger partial charge in [0.15, 0.2) is 11.5 Å². The fourth-order valence-corrected chi connectivity index (χ4v) is 4.45. The lowest BCUT2D eigenvalue weighted by Gasteiger charge is -2.19. The number of halogens is 2. The zero-order valence-electron chi connectivity index (χ0n) is 25.4. The van der Waals surface area contributed by atoms with Crippen molar-refractivity contribution in [2.75, 3.05) is 31.6 Å². The number of nitrogens with zero attached hydrogens (tertiary/aromatic N) is 6.